The van der Waals surface area contributed by atoms with Crippen molar-refractivity contribution in [3.05, 3.63) is 28.8 Å². The highest BCUT2D eigenvalue weighted by atomic mass is 16.5. The second-order valence-electron chi connectivity index (χ2n) is 10.8. The van der Waals surface area contributed by atoms with Gasteiger partial charge in [0, 0.05) is 57.5 Å². The summed E-state index contributed by atoms with van der Waals surface area (Å²) in [7, 11) is 4.21. The number of piperidine rings is 1. The van der Waals surface area contributed by atoms with Crippen molar-refractivity contribution in [2.45, 2.75) is 59.4 Å². The summed E-state index contributed by atoms with van der Waals surface area (Å²) in [5, 5.41) is 3.17. The highest BCUT2D eigenvalue weighted by Gasteiger charge is 2.33. The van der Waals surface area contributed by atoms with E-state index in [0.29, 0.717) is 25.0 Å². The van der Waals surface area contributed by atoms with Crippen LogP contribution in [-0.4, -0.2) is 86.5 Å². The maximum atomic E-state index is 12.6. The summed E-state index contributed by atoms with van der Waals surface area (Å²) in [5.41, 5.74) is 3.92. The van der Waals surface area contributed by atoms with Gasteiger partial charge in [-0.15, -0.1) is 0 Å². The lowest BCUT2D eigenvalue weighted by molar-refractivity contribution is -0.134. The number of hydrogen-bond acceptors (Lipinski definition) is 5. The van der Waals surface area contributed by atoms with E-state index in [0.717, 1.165) is 64.2 Å². The molecule has 0 spiro atoms. The number of amides is 2. The molecule has 1 N–H and O–H groups in total. The number of carbonyl (C=O) groups excluding carboxylic acids is 2. The van der Waals surface area contributed by atoms with Crippen molar-refractivity contribution in [1.29, 1.82) is 0 Å². The van der Waals surface area contributed by atoms with Crippen LogP contribution in [0, 0.1) is 25.7 Å². The molecule has 2 aliphatic heterocycles. The topological polar surface area (TPSA) is 65.1 Å². The minimum absolute atomic E-state index is 0.0417. The molecule has 196 valence electrons. The molecule has 0 saturated carbocycles. The predicted octanol–water partition coefficient (Wildman–Crippen LogP) is 3.39. The lowest BCUT2D eigenvalue weighted by Crippen LogP contribution is -2.53. The Balaban J connectivity index is 1.40. The molecule has 2 heterocycles. The van der Waals surface area contributed by atoms with Crippen molar-refractivity contribution >= 4 is 11.8 Å². The smallest absolute Gasteiger partial charge is 0.223 e. The highest BCUT2D eigenvalue weighted by molar-refractivity contribution is 5.79. The summed E-state index contributed by atoms with van der Waals surface area (Å²) < 4.78 is 6.08. The van der Waals surface area contributed by atoms with Gasteiger partial charge in [0.15, 0.2) is 0 Å². The third kappa shape index (κ3) is 7.43. The minimum Gasteiger partial charge on any atom is -0.493 e. The molecule has 3 rings (SSSR count). The van der Waals surface area contributed by atoms with Gasteiger partial charge >= 0.3 is 0 Å². The molecule has 7 nitrogen and oxygen atoms in total. The van der Waals surface area contributed by atoms with Crippen LogP contribution < -0.4 is 10.1 Å². The van der Waals surface area contributed by atoms with Gasteiger partial charge in [0.05, 0.1) is 6.61 Å². The lowest BCUT2D eigenvalue weighted by atomic mass is 9.91. The summed E-state index contributed by atoms with van der Waals surface area (Å²) in [6.07, 6.45) is 3.76. The normalized spacial score (nSPS) is 18.4. The van der Waals surface area contributed by atoms with Crippen LogP contribution in [0.1, 0.15) is 62.3 Å². The monoisotopic (exact) mass is 486 g/mol. The molecular formula is C28H46N4O3. The maximum Gasteiger partial charge on any atom is 0.223 e. The number of unbranched alkanes of at least 4 members (excludes halogenated alkanes) is 1. The number of ether oxygens (including phenoxy) is 1. The molecule has 1 aromatic rings. The zero-order chi connectivity index (χ0) is 25.5. The zero-order valence-corrected chi connectivity index (χ0v) is 22.7. The van der Waals surface area contributed by atoms with Crippen LogP contribution in [-0.2, 0) is 9.59 Å². The number of hydrogen-bond donors (Lipinski definition) is 1. The Bertz CT molecular complexity index is 858. The largest absolute Gasteiger partial charge is 0.493 e. The Morgan fingerprint density at radius 2 is 1.80 bits per heavy atom. The number of carbonyl (C=O) groups is 2. The molecule has 35 heavy (non-hydrogen) atoms. The molecule has 0 bridgehead atoms. The second-order valence-corrected chi connectivity index (χ2v) is 10.8. The fourth-order valence-corrected chi connectivity index (χ4v) is 5.24. The molecule has 2 fully saturated rings. The van der Waals surface area contributed by atoms with Gasteiger partial charge in [-0.1, -0.05) is 6.07 Å². The van der Waals surface area contributed by atoms with Crippen molar-refractivity contribution < 1.29 is 14.3 Å². The van der Waals surface area contributed by atoms with Crippen molar-refractivity contribution in [3.8, 4) is 5.75 Å². The number of likely N-dealkylation sites (tertiary alicyclic amines) is 2. The molecule has 0 aromatic heterocycles. The van der Waals surface area contributed by atoms with Crippen molar-refractivity contribution in [3.63, 3.8) is 0 Å². The SMILES string of the molecule is CC(=O)N1CCC(C(=O)NCC2CN(C(C)c3ccc(OCCCCN(C)C)c(C)c3C)C2)CC1. The molecule has 0 radical (unpaired) electrons. The molecule has 7 heteroatoms. The van der Waals surface area contributed by atoms with Crippen molar-refractivity contribution in [2.75, 3.05) is 60.0 Å². The summed E-state index contributed by atoms with van der Waals surface area (Å²) in [4.78, 5) is 30.6. The Morgan fingerprint density at radius 3 is 2.43 bits per heavy atom. The van der Waals surface area contributed by atoms with E-state index in [2.05, 4.69) is 62.1 Å². The zero-order valence-electron chi connectivity index (χ0n) is 22.7. The van der Waals surface area contributed by atoms with Gasteiger partial charge in [-0.2, -0.15) is 0 Å². The molecule has 1 aromatic carbocycles. The van der Waals surface area contributed by atoms with Gasteiger partial charge in [0.25, 0.3) is 0 Å². The van der Waals surface area contributed by atoms with Crippen LogP contribution in [0.3, 0.4) is 0 Å². The van der Waals surface area contributed by atoms with Crippen molar-refractivity contribution in [1.82, 2.24) is 20.0 Å². The third-order valence-electron chi connectivity index (χ3n) is 7.90. The van der Waals surface area contributed by atoms with E-state index in [-0.39, 0.29) is 17.7 Å². The van der Waals surface area contributed by atoms with E-state index in [4.69, 9.17) is 4.74 Å². The predicted molar refractivity (Wildman–Crippen MR) is 141 cm³/mol. The molecule has 1 atom stereocenters. The van der Waals surface area contributed by atoms with Crippen LogP contribution in [0.4, 0.5) is 0 Å². The van der Waals surface area contributed by atoms with E-state index < -0.39 is 0 Å². The first-order valence-corrected chi connectivity index (χ1v) is 13.3. The number of rotatable bonds is 11. The maximum absolute atomic E-state index is 12.6. The lowest BCUT2D eigenvalue weighted by Gasteiger charge is -2.44. The summed E-state index contributed by atoms with van der Waals surface area (Å²) in [5.74, 6) is 1.81. The second kappa shape index (κ2) is 12.7. The summed E-state index contributed by atoms with van der Waals surface area (Å²) in [6.45, 7) is 14.3. The first kappa shape index (κ1) is 27.5. The Labute approximate surface area is 212 Å². The quantitative estimate of drug-likeness (QED) is 0.486. The van der Waals surface area contributed by atoms with Gasteiger partial charge < -0.3 is 19.9 Å². The van der Waals surface area contributed by atoms with E-state index >= 15 is 0 Å². The van der Waals surface area contributed by atoms with E-state index in [1.54, 1.807) is 6.92 Å². The fraction of sp³-hybridized carbons (Fsp3) is 0.714. The average Bonchev–Trinajstić information content (AvgIpc) is 2.80. The molecular weight excluding hydrogens is 440 g/mol. The number of nitrogens with zero attached hydrogens (tertiary/aromatic N) is 3. The molecule has 0 aliphatic carbocycles. The molecule has 2 amide bonds. The van der Waals surface area contributed by atoms with Crippen LogP contribution in [0.2, 0.25) is 0 Å². The van der Waals surface area contributed by atoms with Gasteiger partial charge in [-0.05, 0) is 89.9 Å². The Hall–Kier alpha value is -2.12. The first-order valence-electron chi connectivity index (χ1n) is 13.3. The average molecular weight is 487 g/mol. The Kier molecular flexibility index (Phi) is 9.99. The molecule has 2 aliphatic rings. The standard InChI is InChI=1S/C28H46N4O3/c1-20-21(2)27(35-16-8-7-13-30(5)6)10-9-26(20)22(3)32-18-24(19-32)17-29-28(34)25-11-14-31(15-12-25)23(4)33/h9-10,22,24-25H,7-8,11-19H2,1-6H3,(H,29,34). The Morgan fingerprint density at radius 1 is 1.11 bits per heavy atom. The van der Waals surface area contributed by atoms with Gasteiger partial charge in [0.2, 0.25) is 11.8 Å². The third-order valence-corrected chi connectivity index (χ3v) is 7.90. The van der Waals surface area contributed by atoms with Crippen molar-refractivity contribution in [2.24, 2.45) is 11.8 Å². The highest BCUT2D eigenvalue weighted by Crippen LogP contribution is 2.34. The van der Waals surface area contributed by atoms with Crippen LogP contribution >= 0.6 is 0 Å². The van der Waals surface area contributed by atoms with E-state index in [1.807, 2.05) is 4.90 Å². The summed E-state index contributed by atoms with van der Waals surface area (Å²) >= 11 is 0. The first-order chi connectivity index (χ1) is 16.7. The van der Waals surface area contributed by atoms with Gasteiger partial charge in [-0.3, -0.25) is 14.5 Å². The molecule has 1 unspecified atom stereocenters. The minimum atomic E-state index is 0.0417. The van der Waals surface area contributed by atoms with E-state index in [9.17, 15) is 9.59 Å². The number of benzene rings is 1. The van der Waals surface area contributed by atoms with Crippen LogP contribution in [0.15, 0.2) is 12.1 Å². The van der Waals surface area contributed by atoms with E-state index in [1.165, 1.54) is 16.7 Å². The van der Waals surface area contributed by atoms with Crippen LogP contribution in [0.25, 0.3) is 0 Å². The molecule has 2 saturated heterocycles. The summed E-state index contributed by atoms with van der Waals surface area (Å²) in [6, 6.07) is 4.71. The van der Waals surface area contributed by atoms with Gasteiger partial charge in [0.1, 0.15) is 5.75 Å². The number of nitrogens with one attached hydrogen (secondary N) is 1. The van der Waals surface area contributed by atoms with Gasteiger partial charge in [-0.25, -0.2) is 0 Å². The van der Waals surface area contributed by atoms with Crippen LogP contribution in [0.5, 0.6) is 5.75 Å². The fourth-order valence-electron chi connectivity index (χ4n) is 5.24.